The van der Waals surface area contributed by atoms with Gasteiger partial charge in [0.15, 0.2) is 0 Å². The molecule has 0 amide bonds. The first-order chi connectivity index (χ1) is 18.7. The van der Waals surface area contributed by atoms with Crippen LogP contribution in [0.4, 0.5) is 0 Å². The van der Waals surface area contributed by atoms with Crippen molar-refractivity contribution in [3.8, 4) is 11.1 Å². The van der Waals surface area contributed by atoms with Gasteiger partial charge >= 0.3 is 5.97 Å². The van der Waals surface area contributed by atoms with Crippen molar-refractivity contribution in [3.63, 3.8) is 0 Å². The van der Waals surface area contributed by atoms with Gasteiger partial charge in [-0.1, -0.05) is 125 Å². The molecule has 0 saturated heterocycles. The number of hydrogen-bond donors (Lipinski definition) is 0. The molecule has 0 aromatic heterocycles. The second-order valence-electron chi connectivity index (χ2n) is 11.2. The molecule has 1 saturated carbocycles. The number of unbranched alkanes of at least 4 members (excludes halogenated alkanes) is 2. The summed E-state index contributed by atoms with van der Waals surface area (Å²) in [5.74, 6) is 0.197. The van der Waals surface area contributed by atoms with E-state index in [-0.39, 0.29) is 5.41 Å². The molecule has 0 radical (unpaired) electrons. The van der Waals surface area contributed by atoms with Gasteiger partial charge in [-0.2, -0.15) is 0 Å². The van der Waals surface area contributed by atoms with Crippen molar-refractivity contribution in [2.45, 2.75) is 89.9 Å². The lowest BCUT2D eigenvalue weighted by Crippen LogP contribution is -2.26. The molecule has 0 unspecified atom stereocenters. The minimum absolute atomic E-state index is 0.0349. The number of nitrogens with zero attached hydrogens (tertiary/aromatic N) is 1. The largest absolute Gasteiger partial charge is 0.365 e. The van der Waals surface area contributed by atoms with E-state index in [9.17, 15) is 4.79 Å². The summed E-state index contributed by atoms with van der Waals surface area (Å²) in [5, 5.41) is 4.55. The molecule has 0 heterocycles. The van der Waals surface area contributed by atoms with Gasteiger partial charge in [0, 0.05) is 5.41 Å². The van der Waals surface area contributed by atoms with Crippen molar-refractivity contribution < 1.29 is 9.63 Å². The van der Waals surface area contributed by atoms with Gasteiger partial charge in [0.05, 0.1) is 11.3 Å². The molecule has 38 heavy (non-hydrogen) atoms. The predicted molar refractivity (Wildman–Crippen MR) is 157 cm³/mol. The average molecular weight is 508 g/mol. The van der Waals surface area contributed by atoms with E-state index < -0.39 is 5.97 Å². The fourth-order valence-electron chi connectivity index (χ4n) is 6.67. The summed E-state index contributed by atoms with van der Waals surface area (Å²) >= 11 is 0. The van der Waals surface area contributed by atoms with E-state index in [2.05, 4.69) is 61.5 Å². The molecular weight excluding hydrogens is 466 g/mol. The quantitative estimate of drug-likeness (QED) is 0.147. The highest BCUT2D eigenvalue weighted by Crippen LogP contribution is 2.54. The lowest BCUT2D eigenvalue weighted by molar-refractivity contribution is 0.0515. The minimum atomic E-state index is -0.400. The van der Waals surface area contributed by atoms with Gasteiger partial charge in [0.1, 0.15) is 0 Å². The van der Waals surface area contributed by atoms with Gasteiger partial charge in [-0.25, -0.2) is 4.79 Å². The molecule has 0 aliphatic heterocycles. The lowest BCUT2D eigenvalue weighted by Gasteiger charge is -2.33. The normalized spacial score (nSPS) is 16.3. The summed E-state index contributed by atoms with van der Waals surface area (Å²) in [7, 11) is 0. The van der Waals surface area contributed by atoms with Crippen LogP contribution in [0.15, 0.2) is 78.0 Å². The molecule has 2 aliphatic rings. The van der Waals surface area contributed by atoms with E-state index in [1.54, 1.807) is 12.1 Å². The Morgan fingerprint density at radius 1 is 0.816 bits per heavy atom. The summed E-state index contributed by atoms with van der Waals surface area (Å²) in [6.45, 7) is 4.58. The van der Waals surface area contributed by atoms with Crippen LogP contribution in [0.2, 0.25) is 0 Å². The Morgan fingerprint density at radius 2 is 1.47 bits per heavy atom. The number of fused-ring (bicyclic) bond motifs is 3. The van der Waals surface area contributed by atoms with E-state index in [1.165, 1.54) is 73.6 Å². The average Bonchev–Trinajstić information content (AvgIpc) is 3.58. The lowest BCUT2D eigenvalue weighted by atomic mass is 9.70. The standard InChI is InChI=1S/C35H41NO2/c1-3-5-22-35(23-6-4-2)31-19-13-12-18-29(31)30-21-20-28(25-32(30)35)33(24-26-14-10-11-15-26)36-38-34(37)27-16-8-7-9-17-27/h7-9,12-13,16-21,25-26H,3-6,10-11,14-15,22-24H2,1-2H3/b36-33+. The zero-order chi connectivity index (χ0) is 26.4. The first-order valence-corrected chi connectivity index (χ1v) is 14.7. The summed E-state index contributed by atoms with van der Waals surface area (Å²) in [4.78, 5) is 18.3. The number of carbonyl (C=O) groups is 1. The maximum Gasteiger partial charge on any atom is 0.365 e. The molecule has 3 nitrogen and oxygen atoms in total. The summed E-state index contributed by atoms with van der Waals surface area (Å²) in [6, 6.07) is 25.1. The van der Waals surface area contributed by atoms with Crippen molar-refractivity contribution in [1.82, 2.24) is 0 Å². The van der Waals surface area contributed by atoms with Gasteiger partial charge in [0.25, 0.3) is 0 Å². The third-order valence-electron chi connectivity index (χ3n) is 8.72. The van der Waals surface area contributed by atoms with Crippen LogP contribution >= 0.6 is 0 Å². The molecule has 0 spiro atoms. The van der Waals surface area contributed by atoms with Crippen molar-refractivity contribution in [2.75, 3.05) is 0 Å². The second kappa shape index (κ2) is 12.1. The monoisotopic (exact) mass is 507 g/mol. The number of carbonyl (C=O) groups excluding carboxylic acids is 1. The molecule has 3 aromatic carbocycles. The highest BCUT2D eigenvalue weighted by molar-refractivity contribution is 6.02. The van der Waals surface area contributed by atoms with E-state index >= 15 is 0 Å². The van der Waals surface area contributed by atoms with Crippen LogP contribution in [0.1, 0.15) is 112 Å². The molecule has 3 aromatic rings. The zero-order valence-corrected chi connectivity index (χ0v) is 23.0. The third kappa shape index (κ3) is 5.34. The molecule has 2 aliphatic carbocycles. The molecule has 1 fully saturated rings. The van der Waals surface area contributed by atoms with Gasteiger partial charge < -0.3 is 4.84 Å². The fourth-order valence-corrected chi connectivity index (χ4v) is 6.67. The molecule has 0 atom stereocenters. The topological polar surface area (TPSA) is 38.7 Å². The Morgan fingerprint density at radius 3 is 2.18 bits per heavy atom. The van der Waals surface area contributed by atoms with E-state index in [4.69, 9.17) is 4.84 Å². The zero-order valence-electron chi connectivity index (χ0n) is 23.0. The SMILES string of the molecule is CCCCC1(CCCC)c2ccccc2-c2ccc(/C(CC3CCCC3)=N/OC(=O)c3ccccc3)cc21. The first kappa shape index (κ1) is 26.4. The van der Waals surface area contributed by atoms with Crippen molar-refractivity contribution >= 4 is 11.7 Å². The van der Waals surface area contributed by atoms with Crippen LogP contribution in [-0.2, 0) is 10.3 Å². The highest BCUT2D eigenvalue weighted by Gasteiger charge is 2.42. The van der Waals surface area contributed by atoms with Gasteiger partial charge in [-0.05, 0) is 71.2 Å². The van der Waals surface area contributed by atoms with Crippen molar-refractivity contribution in [1.29, 1.82) is 0 Å². The number of hydrogen-bond acceptors (Lipinski definition) is 3. The van der Waals surface area contributed by atoms with Crippen molar-refractivity contribution in [2.24, 2.45) is 11.1 Å². The van der Waals surface area contributed by atoms with E-state index in [1.807, 2.05) is 18.2 Å². The summed E-state index contributed by atoms with van der Waals surface area (Å²) in [6.07, 6.45) is 13.0. The third-order valence-corrected chi connectivity index (χ3v) is 8.72. The second-order valence-corrected chi connectivity index (χ2v) is 11.2. The maximum atomic E-state index is 12.8. The summed E-state index contributed by atoms with van der Waals surface area (Å²) < 4.78 is 0. The maximum absolute atomic E-state index is 12.8. The number of rotatable bonds is 11. The summed E-state index contributed by atoms with van der Waals surface area (Å²) in [5.41, 5.74) is 8.22. The van der Waals surface area contributed by atoms with Crippen LogP contribution in [-0.4, -0.2) is 11.7 Å². The molecule has 0 N–H and O–H groups in total. The fraction of sp³-hybridized carbons (Fsp3) is 0.429. The number of benzene rings is 3. The van der Waals surface area contributed by atoms with Gasteiger partial charge in [-0.3, -0.25) is 0 Å². The predicted octanol–water partition coefficient (Wildman–Crippen LogP) is 9.47. The molecule has 5 rings (SSSR count). The van der Waals surface area contributed by atoms with Crippen LogP contribution in [0.3, 0.4) is 0 Å². The van der Waals surface area contributed by atoms with E-state index in [0.29, 0.717) is 11.5 Å². The molecule has 0 bridgehead atoms. The molecular formula is C35H41NO2. The van der Waals surface area contributed by atoms with Crippen LogP contribution in [0, 0.1) is 5.92 Å². The minimum Gasteiger partial charge on any atom is -0.313 e. The Bertz CT molecular complexity index is 1260. The van der Waals surface area contributed by atoms with Crippen molar-refractivity contribution in [3.05, 3.63) is 95.1 Å². The van der Waals surface area contributed by atoms with Crippen LogP contribution in [0.5, 0.6) is 0 Å². The Kier molecular flexibility index (Phi) is 8.42. The highest BCUT2D eigenvalue weighted by atomic mass is 16.7. The first-order valence-electron chi connectivity index (χ1n) is 14.7. The molecule has 198 valence electrons. The molecule has 3 heteroatoms. The smallest absolute Gasteiger partial charge is 0.313 e. The van der Waals surface area contributed by atoms with Crippen LogP contribution < -0.4 is 0 Å². The Hall–Kier alpha value is -3.20. The Balaban J connectivity index is 1.55. The Labute approximate surface area is 228 Å². The van der Waals surface area contributed by atoms with Gasteiger partial charge in [0.2, 0.25) is 0 Å². The van der Waals surface area contributed by atoms with Crippen LogP contribution in [0.25, 0.3) is 11.1 Å². The number of oxime groups is 1. The van der Waals surface area contributed by atoms with E-state index in [0.717, 1.165) is 30.5 Å². The van der Waals surface area contributed by atoms with Gasteiger partial charge in [-0.15, -0.1) is 0 Å².